The van der Waals surface area contributed by atoms with Gasteiger partial charge in [-0.1, -0.05) is 0 Å². The number of hydrogen-bond donors (Lipinski definition) is 1. The van der Waals surface area contributed by atoms with E-state index in [2.05, 4.69) is 10.2 Å². The van der Waals surface area contributed by atoms with Crippen LogP contribution < -0.4 is 5.32 Å². The van der Waals surface area contributed by atoms with Gasteiger partial charge in [0.05, 0.1) is 20.3 Å². The number of nitrogens with one attached hydrogen (secondary N) is 1. The standard InChI is InChI=1S/C13H26N2O3/c1-11(2)14-13(3,12(16)17-4)5-6-15-7-9-18-10-8-15/h11,14H,5-10H2,1-4H3. The van der Waals surface area contributed by atoms with Crippen molar-refractivity contribution in [3.63, 3.8) is 0 Å². The molecule has 5 nitrogen and oxygen atoms in total. The zero-order valence-electron chi connectivity index (χ0n) is 12.0. The largest absolute Gasteiger partial charge is 0.468 e. The van der Waals surface area contributed by atoms with E-state index in [1.165, 1.54) is 7.11 Å². The predicted molar refractivity (Wildman–Crippen MR) is 70.6 cm³/mol. The van der Waals surface area contributed by atoms with E-state index in [0.29, 0.717) is 0 Å². The molecule has 0 aromatic heterocycles. The van der Waals surface area contributed by atoms with Crippen molar-refractivity contribution in [1.82, 2.24) is 10.2 Å². The smallest absolute Gasteiger partial charge is 0.325 e. The Labute approximate surface area is 110 Å². The highest BCUT2D eigenvalue weighted by molar-refractivity contribution is 5.80. The zero-order chi connectivity index (χ0) is 13.6. The van der Waals surface area contributed by atoms with E-state index in [1.807, 2.05) is 20.8 Å². The molecule has 0 aromatic carbocycles. The van der Waals surface area contributed by atoms with E-state index in [-0.39, 0.29) is 12.0 Å². The van der Waals surface area contributed by atoms with Crippen molar-refractivity contribution in [1.29, 1.82) is 0 Å². The highest BCUT2D eigenvalue weighted by Gasteiger charge is 2.34. The number of carbonyl (C=O) groups is 1. The highest BCUT2D eigenvalue weighted by Crippen LogP contribution is 2.14. The van der Waals surface area contributed by atoms with Crippen molar-refractivity contribution in [2.24, 2.45) is 0 Å². The summed E-state index contributed by atoms with van der Waals surface area (Å²) in [6.07, 6.45) is 0.748. The van der Waals surface area contributed by atoms with Gasteiger partial charge in [-0.25, -0.2) is 0 Å². The summed E-state index contributed by atoms with van der Waals surface area (Å²) in [4.78, 5) is 14.2. The molecule has 1 aliphatic rings. The third-order valence-corrected chi connectivity index (χ3v) is 3.27. The van der Waals surface area contributed by atoms with Crippen LogP contribution >= 0.6 is 0 Å². The summed E-state index contributed by atoms with van der Waals surface area (Å²) in [7, 11) is 1.44. The van der Waals surface area contributed by atoms with Gasteiger partial charge >= 0.3 is 5.97 Å². The molecule has 1 N–H and O–H groups in total. The molecule has 0 aromatic rings. The van der Waals surface area contributed by atoms with Crippen LogP contribution in [0.1, 0.15) is 27.2 Å². The van der Waals surface area contributed by atoms with Crippen molar-refractivity contribution in [3.8, 4) is 0 Å². The molecule has 0 radical (unpaired) electrons. The minimum absolute atomic E-state index is 0.190. The van der Waals surface area contributed by atoms with Crippen molar-refractivity contribution in [2.45, 2.75) is 38.8 Å². The maximum absolute atomic E-state index is 11.9. The first-order chi connectivity index (χ1) is 8.48. The maximum atomic E-state index is 11.9. The molecule has 0 saturated carbocycles. The lowest BCUT2D eigenvalue weighted by Gasteiger charge is -2.34. The first kappa shape index (κ1) is 15.4. The Balaban J connectivity index is 2.52. The fourth-order valence-electron chi connectivity index (χ4n) is 2.30. The number of hydrogen-bond acceptors (Lipinski definition) is 5. The molecule has 18 heavy (non-hydrogen) atoms. The average Bonchev–Trinajstić information content (AvgIpc) is 2.36. The number of nitrogens with zero attached hydrogens (tertiary/aromatic N) is 1. The number of methoxy groups -OCH3 is 1. The number of morpholine rings is 1. The first-order valence-corrected chi connectivity index (χ1v) is 6.64. The van der Waals surface area contributed by atoms with E-state index in [4.69, 9.17) is 9.47 Å². The van der Waals surface area contributed by atoms with Crippen LogP contribution in [0.5, 0.6) is 0 Å². The lowest BCUT2D eigenvalue weighted by atomic mass is 9.96. The molecule has 0 aliphatic carbocycles. The van der Waals surface area contributed by atoms with E-state index < -0.39 is 5.54 Å². The summed E-state index contributed by atoms with van der Waals surface area (Å²) in [5, 5.41) is 3.31. The van der Waals surface area contributed by atoms with Crippen molar-refractivity contribution < 1.29 is 14.3 Å². The molecular formula is C13H26N2O3. The molecule has 1 heterocycles. The normalized spacial score (nSPS) is 20.7. The van der Waals surface area contributed by atoms with Gasteiger partial charge in [-0.05, 0) is 27.2 Å². The van der Waals surface area contributed by atoms with Gasteiger partial charge in [-0.2, -0.15) is 0 Å². The number of esters is 1. The van der Waals surface area contributed by atoms with Gasteiger partial charge in [0.2, 0.25) is 0 Å². The molecule has 1 saturated heterocycles. The van der Waals surface area contributed by atoms with E-state index in [0.717, 1.165) is 39.3 Å². The number of ether oxygens (including phenoxy) is 2. The molecule has 5 heteroatoms. The monoisotopic (exact) mass is 258 g/mol. The molecular weight excluding hydrogens is 232 g/mol. The van der Waals surface area contributed by atoms with Crippen LogP contribution in [0, 0.1) is 0 Å². The number of carbonyl (C=O) groups excluding carboxylic acids is 1. The van der Waals surface area contributed by atoms with E-state index >= 15 is 0 Å². The van der Waals surface area contributed by atoms with Crippen molar-refractivity contribution in [3.05, 3.63) is 0 Å². The average molecular weight is 258 g/mol. The Bertz CT molecular complexity index is 265. The van der Waals surface area contributed by atoms with Gasteiger partial charge in [0.25, 0.3) is 0 Å². The summed E-state index contributed by atoms with van der Waals surface area (Å²) in [5.74, 6) is -0.190. The lowest BCUT2D eigenvalue weighted by molar-refractivity contribution is -0.148. The Hall–Kier alpha value is -0.650. The fraction of sp³-hybridized carbons (Fsp3) is 0.923. The molecule has 0 spiro atoms. The van der Waals surface area contributed by atoms with Crippen LogP contribution in [0.15, 0.2) is 0 Å². The number of rotatable bonds is 6. The molecule has 1 aliphatic heterocycles. The molecule has 1 fully saturated rings. The Morgan fingerprint density at radius 2 is 2.06 bits per heavy atom. The molecule has 106 valence electrons. The summed E-state index contributed by atoms with van der Waals surface area (Å²) >= 11 is 0. The third-order valence-electron chi connectivity index (χ3n) is 3.27. The second-order valence-electron chi connectivity index (χ2n) is 5.33. The van der Waals surface area contributed by atoms with Gasteiger partial charge in [-0.3, -0.25) is 15.0 Å². The summed E-state index contributed by atoms with van der Waals surface area (Å²) < 4.78 is 10.2. The van der Waals surface area contributed by atoms with Gasteiger partial charge in [0.15, 0.2) is 0 Å². The van der Waals surface area contributed by atoms with Gasteiger partial charge in [0.1, 0.15) is 5.54 Å². The first-order valence-electron chi connectivity index (χ1n) is 6.64. The maximum Gasteiger partial charge on any atom is 0.325 e. The molecule has 1 rings (SSSR count). The Morgan fingerprint density at radius 1 is 1.44 bits per heavy atom. The molecule has 1 atom stereocenters. The second kappa shape index (κ2) is 7.07. The van der Waals surface area contributed by atoms with Gasteiger partial charge in [-0.15, -0.1) is 0 Å². The third kappa shape index (κ3) is 4.55. The van der Waals surface area contributed by atoms with Gasteiger partial charge in [0, 0.05) is 25.7 Å². The van der Waals surface area contributed by atoms with Crippen LogP contribution in [0.25, 0.3) is 0 Å². The SMILES string of the molecule is COC(=O)C(C)(CCN1CCOCC1)NC(C)C. The minimum atomic E-state index is -0.610. The second-order valence-corrected chi connectivity index (χ2v) is 5.33. The Morgan fingerprint density at radius 3 is 2.56 bits per heavy atom. The minimum Gasteiger partial charge on any atom is -0.468 e. The molecule has 0 amide bonds. The predicted octanol–water partition coefficient (Wildman–Crippen LogP) is 0.638. The summed E-state index contributed by atoms with van der Waals surface area (Å²) in [6, 6.07) is 0.249. The highest BCUT2D eigenvalue weighted by atomic mass is 16.5. The van der Waals surface area contributed by atoms with Crippen molar-refractivity contribution >= 4 is 5.97 Å². The quantitative estimate of drug-likeness (QED) is 0.709. The van der Waals surface area contributed by atoms with Gasteiger partial charge < -0.3 is 9.47 Å². The summed E-state index contributed by atoms with van der Waals surface area (Å²) in [6.45, 7) is 10.3. The fourth-order valence-corrected chi connectivity index (χ4v) is 2.30. The zero-order valence-corrected chi connectivity index (χ0v) is 12.0. The molecule has 1 unspecified atom stereocenters. The van der Waals surface area contributed by atoms with Crippen LogP contribution in [0.2, 0.25) is 0 Å². The Kier molecular flexibility index (Phi) is 6.05. The van der Waals surface area contributed by atoms with Crippen LogP contribution in [0.4, 0.5) is 0 Å². The van der Waals surface area contributed by atoms with E-state index in [1.54, 1.807) is 0 Å². The molecule has 0 bridgehead atoms. The lowest BCUT2D eigenvalue weighted by Crippen LogP contribution is -2.55. The van der Waals surface area contributed by atoms with Crippen LogP contribution in [-0.2, 0) is 14.3 Å². The van der Waals surface area contributed by atoms with Crippen LogP contribution in [-0.4, -0.2) is 62.4 Å². The van der Waals surface area contributed by atoms with Crippen LogP contribution in [0.3, 0.4) is 0 Å². The topological polar surface area (TPSA) is 50.8 Å². The van der Waals surface area contributed by atoms with E-state index in [9.17, 15) is 4.79 Å². The summed E-state index contributed by atoms with van der Waals surface area (Å²) in [5.41, 5.74) is -0.610. The van der Waals surface area contributed by atoms with Crippen molar-refractivity contribution in [2.75, 3.05) is 40.0 Å².